The third-order valence-corrected chi connectivity index (χ3v) is 5.28. The summed E-state index contributed by atoms with van der Waals surface area (Å²) in [5, 5.41) is 5.60. The van der Waals surface area contributed by atoms with Gasteiger partial charge >= 0.3 is 0 Å². The summed E-state index contributed by atoms with van der Waals surface area (Å²) in [6, 6.07) is 17.6. The standard InChI is InChI=1S/C27H23F2N3O2/c28-22-13-10-19(16-23(22)29)21(27(34)31-20-11-12-20)15-18-7-5-17(6-8-18)9-14-26(33)32-25-4-2-1-3-24(25)30/h1-10,13-16,20H,11-12,30H2,(H,31,34)(H,32,33). The molecule has 0 unspecified atom stereocenters. The molecule has 3 aromatic rings. The minimum atomic E-state index is -1.02. The van der Waals surface area contributed by atoms with E-state index in [1.807, 2.05) is 0 Å². The Kier molecular flexibility index (Phi) is 6.82. The second-order valence-electron chi connectivity index (χ2n) is 8.01. The number of carbonyl (C=O) groups is 2. The van der Waals surface area contributed by atoms with Gasteiger partial charge in [-0.05, 0) is 65.9 Å². The lowest BCUT2D eigenvalue weighted by Gasteiger charge is -2.10. The van der Waals surface area contributed by atoms with Gasteiger partial charge in [-0.3, -0.25) is 9.59 Å². The van der Waals surface area contributed by atoms with Crippen LogP contribution in [0.1, 0.15) is 29.5 Å². The van der Waals surface area contributed by atoms with Crippen molar-refractivity contribution in [3.8, 4) is 0 Å². The number of nitrogens with one attached hydrogen (secondary N) is 2. The van der Waals surface area contributed by atoms with E-state index >= 15 is 0 Å². The molecule has 2 amide bonds. The topological polar surface area (TPSA) is 84.2 Å². The van der Waals surface area contributed by atoms with Crippen LogP contribution < -0.4 is 16.4 Å². The quantitative estimate of drug-likeness (QED) is 0.264. The highest BCUT2D eigenvalue weighted by Gasteiger charge is 2.25. The second-order valence-corrected chi connectivity index (χ2v) is 8.01. The maximum atomic E-state index is 13.8. The molecule has 0 spiro atoms. The van der Waals surface area contributed by atoms with Crippen molar-refractivity contribution in [2.75, 3.05) is 11.1 Å². The van der Waals surface area contributed by atoms with Crippen molar-refractivity contribution in [1.82, 2.24) is 5.32 Å². The molecule has 1 fully saturated rings. The van der Waals surface area contributed by atoms with Crippen LogP contribution in [0.15, 0.2) is 72.8 Å². The van der Waals surface area contributed by atoms with Gasteiger partial charge in [0.25, 0.3) is 5.91 Å². The Morgan fingerprint density at radius 3 is 2.29 bits per heavy atom. The minimum absolute atomic E-state index is 0.117. The van der Waals surface area contributed by atoms with Gasteiger partial charge in [0.05, 0.1) is 11.4 Å². The Hall–Kier alpha value is -4.26. The highest BCUT2D eigenvalue weighted by Crippen LogP contribution is 2.25. The van der Waals surface area contributed by atoms with Crippen LogP contribution in [0.3, 0.4) is 0 Å². The minimum Gasteiger partial charge on any atom is -0.397 e. The number of hydrogen-bond donors (Lipinski definition) is 3. The van der Waals surface area contributed by atoms with E-state index in [1.165, 1.54) is 12.1 Å². The van der Waals surface area contributed by atoms with Crippen LogP contribution in [0.4, 0.5) is 20.2 Å². The number of anilines is 2. The van der Waals surface area contributed by atoms with Crippen molar-refractivity contribution in [3.05, 3.63) is 101 Å². The second kappa shape index (κ2) is 10.1. The third kappa shape index (κ3) is 5.95. The first-order valence-corrected chi connectivity index (χ1v) is 10.8. The monoisotopic (exact) mass is 459 g/mol. The molecule has 34 heavy (non-hydrogen) atoms. The number of benzene rings is 3. The molecule has 0 heterocycles. The number of halogens is 2. The average molecular weight is 459 g/mol. The molecule has 0 saturated heterocycles. The summed E-state index contributed by atoms with van der Waals surface area (Å²) in [6.07, 6.45) is 6.48. The molecule has 1 saturated carbocycles. The van der Waals surface area contributed by atoms with E-state index in [1.54, 1.807) is 60.7 Å². The Balaban J connectivity index is 1.50. The molecule has 0 aromatic heterocycles. The van der Waals surface area contributed by atoms with E-state index in [0.29, 0.717) is 16.9 Å². The van der Waals surface area contributed by atoms with Gasteiger partial charge < -0.3 is 16.4 Å². The van der Waals surface area contributed by atoms with Crippen LogP contribution in [0.2, 0.25) is 0 Å². The first-order chi connectivity index (χ1) is 16.4. The average Bonchev–Trinajstić information content (AvgIpc) is 3.64. The Morgan fingerprint density at radius 1 is 0.912 bits per heavy atom. The first kappa shape index (κ1) is 22.9. The van der Waals surface area contributed by atoms with Gasteiger partial charge in [-0.1, -0.05) is 42.5 Å². The molecule has 4 rings (SSSR count). The van der Waals surface area contributed by atoms with Crippen molar-refractivity contribution >= 4 is 40.9 Å². The maximum absolute atomic E-state index is 13.8. The van der Waals surface area contributed by atoms with Gasteiger partial charge in [0.15, 0.2) is 11.6 Å². The molecule has 0 atom stereocenters. The lowest BCUT2D eigenvalue weighted by Crippen LogP contribution is -2.26. The summed E-state index contributed by atoms with van der Waals surface area (Å²) in [7, 11) is 0. The maximum Gasteiger partial charge on any atom is 0.252 e. The number of nitrogens with two attached hydrogens (primary N) is 1. The van der Waals surface area contributed by atoms with E-state index in [0.717, 1.165) is 30.5 Å². The summed E-state index contributed by atoms with van der Waals surface area (Å²) >= 11 is 0. The summed E-state index contributed by atoms with van der Waals surface area (Å²) in [5.74, 6) is -2.65. The van der Waals surface area contributed by atoms with E-state index in [-0.39, 0.29) is 29.0 Å². The fraction of sp³-hybridized carbons (Fsp3) is 0.111. The number of para-hydroxylation sites is 2. The molecule has 7 heteroatoms. The molecule has 5 nitrogen and oxygen atoms in total. The molecule has 0 aliphatic heterocycles. The van der Waals surface area contributed by atoms with E-state index in [4.69, 9.17) is 5.73 Å². The van der Waals surface area contributed by atoms with Crippen LogP contribution in [0.25, 0.3) is 17.7 Å². The predicted molar refractivity (Wildman–Crippen MR) is 130 cm³/mol. The molecule has 172 valence electrons. The molecule has 1 aliphatic carbocycles. The zero-order chi connectivity index (χ0) is 24.1. The zero-order valence-corrected chi connectivity index (χ0v) is 18.2. The van der Waals surface area contributed by atoms with Crippen LogP contribution in [0.5, 0.6) is 0 Å². The fourth-order valence-electron chi connectivity index (χ4n) is 3.26. The largest absolute Gasteiger partial charge is 0.397 e. The van der Waals surface area contributed by atoms with Crippen LogP contribution in [-0.2, 0) is 9.59 Å². The van der Waals surface area contributed by atoms with E-state index in [2.05, 4.69) is 10.6 Å². The molecule has 0 radical (unpaired) electrons. The number of rotatable bonds is 7. The predicted octanol–water partition coefficient (Wildman–Crippen LogP) is 5.02. The van der Waals surface area contributed by atoms with Gasteiger partial charge in [-0.2, -0.15) is 0 Å². The van der Waals surface area contributed by atoms with Gasteiger partial charge in [-0.15, -0.1) is 0 Å². The van der Waals surface area contributed by atoms with Crippen molar-refractivity contribution < 1.29 is 18.4 Å². The van der Waals surface area contributed by atoms with E-state index < -0.39 is 11.6 Å². The summed E-state index contributed by atoms with van der Waals surface area (Å²) in [4.78, 5) is 24.9. The molecule has 1 aliphatic rings. The van der Waals surface area contributed by atoms with Crippen molar-refractivity contribution in [1.29, 1.82) is 0 Å². The molecule has 4 N–H and O–H groups in total. The van der Waals surface area contributed by atoms with Crippen molar-refractivity contribution in [3.63, 3.8) is 0 Å². The summed E-state index contributed by atoms with van der Waals surface area (Å²) in [5.41, 5.74) is 8.84. The number of amides is 2. The van der Waals surface area contributed by atoms with Crippen LogP contribution >= 0.6 is 0 Å². The number of carbonyl (C=O) groups excluding carboxylic acids is 2. The molecular weight excluding hydrogens is 436 g/mol. The first-order valence-electron chi connectivity index (χ1n) is 10.8. The van der Waals surface area contributed by atoms with Gasteiger partial charge in [0, 0.05) is 17.7 Å². The van der Waals surface area contributed by atoms with Gasteiger partial charge in [0.1, 0.15) is 0 Å². The molecule has 3 aromatic carbocycles. The van der Waals surface area contributed by atoms with Crippen molar-refractivity contribution in [2.45, 2.75) is 18.9 Å². The highest BCUT2D eigenvalue weighted by molar-refractivity contribution is 6.24. The molecule has 0 bridgehead atoms. The van der Waals surface area contributed by atoms with E-state index in [9.17, 15) is 18.4 Å². The van der Waals surface area contributed by atoms with Crippen LogP contribution in [0, 0.1) is 11.6 Å². The SMILES string of the molecule is Nc1ccccc1NC(=O)C=Cc1ccc(C=C(C(=O)NC2CC2)c2ccc(F)c(F)c2)cc1. The normalized spacial score (nSPS) is 13.6. The lowest BCUT2D eigenvalue weighted by atomic mass is 10.0. The fourth-order valence-corrected chi connectivity index (χ4v) is 3.26. The number of nitrogen functional groups attached to an aromatic ring is 1. The Labute approximate surface area is 196 Å². The van der Waals surface area contributed by atoms with Gasteiger partial charge in [-0.25, -0.2) is 8.78 Å². The smallest absolute Gasteiger partial charge is 0.252 e. The third-order valence-electron chi connectivity index (χ3n) is 5.28. The number of hydrogen-bond acceptors (Lipinski definition) is 3. The highest BCUT2D eigenvalue weighted by atomic mass is 19.2. The zero-order valence-electron chi connectivity index (χ0n) is 18.2. The van der Waals surface area contributed by atoms with Crippen LogP contribution in [-0.4, -0.2) is 17.9 Å². The van der Waals surface area contributed by atoms with Gasteiger partial charge in [0.2, 0.25) is 5.91 Å². The summed E-state index contributed by atoms with van der Waals surface area (Å²) < 4.78 is 27.2. The summed E-state index contributed by atoms with van der Waals surface area (Å²) in [6.45, 7) is 0. The Bertz CT molecular complexity index is 1280. The van der Waals surface area contributed by atoms with Crippen molar-refractivity contribution in [2.24, 2.45) is 0 Å². The Morgan fingerprint density at radius 2 is 1.62 bits per heavy atom. The lowest BCUT2D eigenvalue weighted by molar-refractivity contribution is -0.115. The molecular formula is C27H23F2N3O2.